The largest absolute Gasteiger partial charge is 0.241 e. The maximum Gasteiger partial charge on any atom is 0.0918 e. The number of aryl methyl sites for hydroxylation is 1. The molecular formula is C14H18N2. The Bertz CT molecular complexity index is 411. The van der Waals surface area contributed by atoms with Crippen molar-refractivity contribution < 1.29 is 0 Å². The minimum Gasteiger partial charge on any atom is -0.241 e. The Morgan fingerprint density at radius 1 is 1.25 bits per heavy atom. The second-order valence-corrected chi connectivity index (χ2v) is 4.57. The van der Waals surface area contributed by atoms with E-state index in [2.05, 4.69) is 36.1 Å². The van der Waals surface area contributed by atoms with Crippen molar-refractivity contribution >= 4 is 11.7 Å². The molecule has 1 aromatic carbocycles. The number of nitrogens with one attached hydrogen (secondary N) is 1. The van der Waals surface area contributed by atoms with E-state index >= 15 is 0 Å². The van der Waals surface area contributed by atoms with Crippen LogP contribution in [0, 0.1) is 12.3 Å². The van der Waals surface area contributed by atoms with Crippen LogP contribution in [0.25, 0.3) is 0 Å². The lowest BCUT2D eigenvalue weighted by atomic mass is 9.83. The molecule has 1 aromatic rings. The van der Waals surface area contributed by atoms with Crippen LogP contribution < -0.4 is 0 Å². The van der Waals surface area contributed by atoms with E-state index < -0.39 is 0 Å². The topological polar surface area (TPSA) is 36.2 Å². The zero-order chi connectivity index (χ0) is 11.4. The first-order valence-corrected chi connectivity index (χ1v) is 6.05. The summed E-state index contributed by atoms with van der Waals surface area (Å²) in [6.45, 7) is 2.06. The molecule has 0 aromatic heterocycles. The molecule has 0 aliphatic heterocycles. The van der Waals surface area contributed by atoms with Crippen LogP contribution in [0.4, 0.5) is 5.69 Å². The summed E-state index contributed by atoms with van der Waals surface area (Å²) in [5.41, 5.74) is 3.45. The van der Waals surface area contributed by atoms with Gasteiger partial charge in [-0.05, 0) is 36.8 Å². The van der Waals surface area contributed by atoms with Crippen molar-refractivity contribution in [3.8, 4) is 0 Å². The lowest BCUT2D eigenvalue weighted by Gasteiger charge is -2.23. The SMILES string of the molecule is Cc1cccc(C2CCCCC2)c1N=C=N. The van der Waals surface area contributed by atoms with E-state index in [-0.39, 0.29) is 0 Å². The predicted molar refractivity (Wildman–Crippen MR) is 66.8 cm³/mol. The number of para-hydroxylation sites is 1. The molecule has 16 heavy (non-hydrogen) atoms. The maximum absolute atomic E-state index is 7.03. The summed E-state index contributed by atoms with van der Waals surface area (Å²) in [4.78, 5) is 4.10. The van der Waals surface area contributed by atoms with Crippen LogP contribution in [-0.2, 0) is 0 Å². The van der Waals surface area contributed by atoms with Gasteiger partial charge in [-0.25, -0.2) is 5.41 Å². The molecule has 0 bridgehead atoms. The molecule has 0 amide bonds. The molecule has 0 heterocycles. The summed E-state index contributed by atoms with van der Waals surface area (Å²) in [5.74, 6) is 0.640. The van der Waals surface area contributed by atoms with Gasteiger partial charge in [0.15, 0.2) is 0 Å². The molecule has 2 heteroatoms. The van der Waals surface area contributed by atoms with Crippen molar-refractivity contribution in [2.45, 2.75) is 44.9 Å². The van der Waals surface area contributed by atoms with Crippen molar-refractivity contribution in [2.24, 2.45) is 4.99 Å². The molecular weight excluding hydrogens is 196 g/mol. The van der Waals surface area contributed by atoms with Crippen molar-refractivity contribution in [1.82, 2.24) is 0 Å². The van der Waals surface area contributed by atoms with E-state index in [1.165, 1.54) is 37.7 Å². The summed E-state index contributed by atoms with van der Waals surface area (Å²) in [6.07, 6.45) is 6.55. The van der Waals surface area contributed by atoms with Crippen molar-refractivity contribution in [3.05, 3.63) is 29.3 Å². The van der Waals surface area contributed by atoms with Gasteiger partial charge < -0.3 is 0 Å². The van der Waals surface area contributed by atoms with Crippen molar-refractivity contribution in [1.29, 1.82) is 5.41 Å². The first-order valence-electron chi connectivity index (χ1n) is 6.05. The average Bonchev–Trinajstić information content (AvgIpc) is 2.33. The predicted octanol–water partition coefficient (Wildman–Crippen LogP) is 4.43. The van der Waals surface area contributed by atoms with E-state index in [0.717, 1.165) is 11.3 Å². The molecule has 0 atom stereocenters. The molecule has 2 rings (SSSR count). The van der Waals surface area contributed by atoms with Crippen molar-refractivity contribution in [2.75, 3.05) is 0 Å². The van der Waals surface area contributed by atoms with Gasteiger partial charge in [-0.3, -0.25) is 0 Å². The summed E-state index contributed by atoms with van der Waals surface area (Å²) in [6, 6.07) is 8.50. The fraction of sp³-hybridized carbons (Fsp3) is 0.500. The second kappa shape index (κ2) is 5.09. The van der Waals surface area contributed by atoms with Crippen LogP contribution >= 0.6 is 0 Å². The van der Waals surface area contributed by atoms with Crippen LogP contribution in [0.3, 0.4) is 0 Å². The molecule has 1 aliphatic rings. The lowest BCUT2D eigenvalue weighted by molar-refractivity contribution is 0.444. The Hall–Kier alpha value is -1.40. The quantitative estimate of drug-likeness (QED) is 0.707. The van der Waals surface area contributed by atoms with Gasteiger partial charge in [0.25, 0.3) is 0 Å². The normalized spacial score (nSPS) is 16.8. The minimum atomic E-state index is 0.640. The van der Waals surface area contributed by atoms with Gasteiger partial charge in [-0.2, -0.15) is 4.99 Å². The van der Waals surface area contributed by atoms with E-state index in [1.54, 1.807) is 0 Å². The van der Waals surface area contributed by atoms with E-state index in [4.69, 9.17) is 5.41 Å². The molecule has 0 unspecified atom stereocenters. The summed E-state index contributed by atoms with van der Waals surface area (Å²) in [5, 5.41) is 7.03. The average molecular weight is 214 g/mol. The number of aliphatic imine (C=N–C) groups is 1. The third-order valence-corrected chi connectivity index (χ3v) is 3.48. The second-order valence-electron chi connectivity index (χ2n) is 4.57. The molecule has 84 valence electrons. The highest BCUT2D eigenvalue weighted by molar-refractivity contribution is 5.59. The lowest BCUT2D eigenvalue weighted by Crippen LogP contribution is -2.05. The zero-order valence-electron chi connectivity index (χ0n) is 9.79. The van der Waals surface area contributed by atoms with E-state index in [1.807, 2.05) is 0 Å². The van der Waals surface area contributed by atoms with E-state index in [9.17, 15) is 0 Å². The summed E-state index contributed by atoms with van der Waals surface area (Å²) >= 11 is 0. The molecule has 0 spiro atoms. The fourth-order valence-electron chi connectivity index (χ4n) is 2.63. The summed E-state index contributed by atoms with van der Waals surface area (Å²) < 4.78 is 0. The third kappa shape index (κ3) is 2.23. The standard InChI is InChI=1S/C14H18N2/c1-11-6-5-9-13(14(11)16-10-15)12-7-3-2-4-8-12/h5-6,9,12,15H,2-4,7-8H2,1H3. The molecule has 0 radical (unpaired) electrons. The third-order valence-electron chi connectivity index (χ3n) is 3.48. The van der Waals surface area contributed by atoms with Gasteiger partial charge in [0.05, 0.1) is 11.7 Å². The summed E-state index contributed by atoms with van der Waals surface area (Å²) in [7, 11) is 0. The van der Waals surface area contributed by atoms with Crippen LogP contribution in [0.15, 0.2) is 23.2 Å². The zero-order valence-corrected chi connectivity index (χ0v) is 9.79. The molecule has 1 saturated carbocycles. The number of benzene rings is 1. The number of hydrogen-bond donors (Lipinski definition) is 1. The Labute approximate surface area is 96.9 Å². The fourth-order valence-corrected chi connectivity index (χ4v) is 2.63. The van der Waals surface area contributed by atoms with Crippen molar-refractivity contribution in [3.63, 3.8) is 0 Å². The molecule has 0 saturated heterocycles. The van der Waals surface area contributed by atoms with Gasteiger partial charge >= 0.3 is 0 Å². The Morgan fingerprint density at radius 3 is 2.69 bits per heavy atom. The molecule has 1 aliphatic carbocycles. The molecule has 2 nitrogen and oxygen atoms in total. The Kier molecular flexibility index (Phi) is 3.53. The van der Waals surface area contributed by atoms with Crippen LogP contribution in [0.1, 0.15) is 49.1 Å². The van der Waals surface area contributed by atoms with Gasteiger partial charge in [-0.1, -0.05) is 37.5 Å². The first-order chi connectivity index (χ1) is 7.83. The highest BCUT2D eigenvalue weighted by Crippen LogP contribution is 2.38. The Balaban J connectivity index is 2.38. The maximum atomic E-state index is 7.03. The monoisotopic (exact) mass is 214 g/mol. The number of hydrogen-bond acceptors (Lipinski definition) is 2. The smallest absolute Gasteiger partial charge is 0.0918 e. The first kappa shape index (κ1) is 11.1. The number of nitrogens with zero attached hydrogens (tertiary/aromatic N) is 1. The van der Waals surface area contributed by atoms with E-state index in [0.29, 0.717) is 5.92 Å². The van der Waals surface area contributed by atoms with Crippen LogP contribution in [0.5, 0.6) is 0 Å². The van der Waals surface area contributed by atoms with Gasteiger partial charge in [0.2, 0.25) is 0 Å². The van der Waals surface area contributed by atoms with Crippen LogP contribution in [0.2, 0.25) is 0 Å². The highest BCUT2D eigenvalue weighted by Gasteiger charge is 2.18. The van der Waals surface area contributed by atoms with Crippen LogP contribution in [-0.4, -0.2) is 6.01 Å². The van der Waals surface area contributed by atoms with Gasteiger partial charge in [0, 0.05) is 0 Å². The van der Waals surface area contributed by atoms with Gasteiger partial charge in [0.1, 0.15) is 0 Å². The van der Waals surface area contributed by atoms with Gasteiger partial charge in [-0.15, -0.1) is 0 Å². The number of rotatable bonds is 2. The minimum absolute atomic E-state index is 0.640. The molecule has 1 N–H and O–H groups in total. The molecule has 1 fully saturated rings. The Morgan fingerprint density at radius 2 is 2.00 bits per heavy atom. The highest BCUT2D eigenvalue weighted by atomic mass is 14.7.